The van der Waals surface area contributed by atoms with Gasteiger partial charge in [0.15, 0.2) is 23.3 Å². The second kappa shape index (κ2) is 19.1. The van der Waals surface area contributed by atoms with Gasteiger partial charge >= 0.3 is 11.9 Å². The Balaban J connectivity index is 1.03. The molecule has 0 aliphatic carbocycles. The summed E-state index contributed by atoms with van der Waals surface area (Å²) in [5, 5.41) is 3.33. The molecule has 11 heterocycles. The summed E-state index contributed by atoms with van der Waals surface area (Å²) in [7, 11) is 4.73. The van der Waals surface area contributed by atoms with Crippen LogP contribution in [0, 0.1) is 0 Å². The molecule has 0 saturated heterocycles. The molecule has 0 fully saturated rings. The standard InChI is InChI=1S/C64H46N14O4/c1-78-31-30-65-64(78)55-50-26-22-46(68-50)41(18-28-52(79)81-2)44-20-24-48(66-44)54(49-25-21-45(67-49)42(19-29-53(80)82-3)47-23-27-51(55)69-47)33-16-17-40-43(32-33)63-76-61-39-15-9-8-14-38(39)59(74-61)72-57-35-11-5-4-10-34(35)56(70-57)71-58-36-12-6-7-13-37(36)60(73-58)75-62(40)77-63/h4-17,20-27,30-32,66,69H,18-19,28-29H2,1-3H3,(H2,70,71,72,73,74,75,76,77). The van der Waals surface area contributed by atoms with Crippen molar-refractivity contribution in [2.75, 3.05) is 14.2 Å². The van der Waals surface area contributed by atoms with Crippen LogP contribution in [0.3, 0.4) is 0 Å². The number of carbonyl (C=O) groups excluding carboxylic acids is 2. The molecule has 4 aromatic carbocycles. The minimum atomic E-state index is -0.343. The van der Waals surface area contributed by atoms with Gasteiger partial charge in [-0.2, -0.15) is 0 Å². The van der Waals surface area contributed by atoms with Crippen molar-refractivity contribution in [3.63, 3.8) is 0 Å². The van der Waals surface area contributed by atoms with Crippen molar-refractivity contribution in [3.8, 4) is 68.1 Å². The fourth-order valence-corrected chi connectivity index (χ4v) is 11.5. The molecule has 0 amide bonds. The molecule has 396 valence electrons. The quantitative estimate of drug-likeness (QED) is 0.104. The number of rotatable bonds is 8. The van der Waals surface area contributed by atoms with Gasteiger partial charge in [-0.05, 0) is 79.1 Å². The molecule has 0 spiro atoms. The second-order valence-corrected chi connectivity index (χ2v) is 20.2. The molecular formula is C64H46N14O4. The smallest absolute Gasteiger partial charge is 0.305 e. The lowest BCUT2D eigenvalue weighted by molar-refractivity contribution is -0.141. The lowest BCUT2D eigenvalue weighted by atomic mass is 10.0. The predicted octanol–water partition coefficient (Wildman–Crippen LogP) is 12.1. The zero-order chi connectivity index (χ0) is 55.2. The number of hydrogen-bond donors (Lipinski definition) is 4. The fourth-order valence-electron chi connectivity index (χ4n) is 11.5. The summed E-state index contributed by atoms with van der Waals surface area (Å²) in [4.78, 5) is 87.0. The van der Waals surface area contributed by atoms with E-state index in [0.717, 1.165) is 93.7 Å². The van der Waals surface area contributed by atoms with E-state index in [4.69, 9.17) is 54.3 Å². The summed E-state index contributed by atoms with van der Waals surface area (Å²) in [6.45, 7) is 0. The van der Waals surface area contributed by atoms with E-state index in [0.29, 0.717) is 87.3 Å². The predicted molar refractivity (Wildman–Crippen MR) is 317 cm³/mol. The second-order valence-electron chi connectivity index (χ2n) is 20.2. The summed E-state index contributed by atoms with van der Waals surface area (Å²) in [5.74, 6) is 1.99. The number of benzene rings is 4. The Morgan fingerprint density at radius 1 is 0.451 bits per heavy atom. The first-order valence-electron chi connectivity index (χ1n) is 26.7. The molecule has 0 unspecified atom stereocenters. The van der Waals surface area contributed by atoms with Gasteiger partial charge in [0.25, 0.3) is 0 Å². The van der Waals surface area contributed by atoms with Crippen LogP contribution in [0.4, 0.5) is 0 Å². The Morgan fingerprint density at radius 2 is 0.878 bits per heavy atom. The minimum absolute atomic E-state index is 0.121. The summed E-state index contributed by atoms with van der Waals surface area (Å²) in [6.07, 6.45) is 12.5. The highest BCUT2D eigenvalue weighted by Crippen LogP contribution is 2.40. The molecule has 0 saturated carbocycles. The van der Waals surface area contributed by atoms with E-state index < -0.39 is 0 Å². The number of nitrogens with one attached hydrogen (secondary N) is 4. The van der Waals surface area contributed by atoms with Crippen LogP contribution in [0.25, 0.3) is 159 Å². The summed E-state index contributed by atoms with van der Waals surface area (Å²) >= 11 is 0. The molecule has 0 atom stereocenters. The van der Waals surface area contributed by atoms with Crippen molar-refractivity contribution in [2.24, 2.45) is 7.05 Å². The number of imidazole rings is 1. The molecule has 4 aliphatic rings. The van der Waals surface area contributed by atoms with Crippen molar-refractivity contribution < 1.29 is 19.1 Å². The maximum Gasteiger partial charge on any atom is 0.305 e. The van der Waals surface area contributed by atoms with Gasteiger partial charge < -0.3 is 34.0 Å². The molecule has 7 aromatic heterocycles. The summed E-state index contributed by atoms with van der Waals surface area (Å²) in [6, 6.07) is 38.2. The topological polar surface area (TPSA) is 237 Å². The van der Waals surface area contributed by atoms with E-state index in [-0.39, 0.29) is 24.8 Å². The Labute approximate surface area is 465 Å². The molecule has 11 aromatic rings. The van der Waals surface area contributed by atoms with Gasteiger partial charge in [-0.15, -0.1) is 0 Å². The van der Waals surface area contributed by atoms with Crippen molar-refractivity contribution in [1.82, 2.24) is 69.4 Å². The fraction of sp³-hybridized carbons (Fsp3) is 0.109. The number of hydrogen-bond acceptors (Lipinski definition) is 13. The number of aromatic amines is 4. The highest BCUT2D eigenvalue weighted by atomic mass is 16.5. The highest BCUT2D eigenvalue weighted by Gasteiger charge is 2.25. The SMILES string of the molecule is COC(=O)CCc1c2nc(c(-c3nccn3C)c3ccc([nH]3)c(CCC(=O)OC)c3nc(c(-c4ccc5c6nc7nc(nc8[nH]c(nc9nc(nc([nH]6)c5c4)-c4ccccc4-9)c4ccccc84)-c4ccccc4-7)c4ccc1[nH]4)C=C3)C=C2. The molecule has 4 N–H and O–H groups in total. The summed E-state index contributed by atoms with van der Waals surface area (Å²) < 4.78 is 12.3. The highest BCUT2D eigenvalue weighted by molar-refractivity contribution is 6.09. The lowest BCUT2D eigenvalue weighted by Gasteiger charge is -2.07. The van der Waals surface area contributed by atoms with Crippen molar-refractivity contribution >= 4 is 102 Å². The van der Waals surface area contributed by atoms with Crippen molar-refractivity contribution in [2.45, 2.75) is 25.7 Å². The number of fused-ring (bicyclic) bond motifs is 28. The van der Waals surface area contributed by atoms with Crippen molar-refractivity contribution in [3.05, 3.63) is 162 Å². The molecule has 18 nitrogen and oxygen atoms in total. The van der Waals surface area contributed by atoms with Gasteiger partial charge in [0.05, 0.1) is 48.1 Å². The maximum absolute atomic E-state index is 12.9. The number of methoxy groups -OCH3 is 2. The number of aromatic nitrogens is 14. The zero-order valence-corrected chi connectivity index (χ0v) is 44.4. The third-order valence-electron chi connectivity index (χ3n) is 15.5. The zero-order valence-electron chi connectivity index (χ0n) is 44.4. The van der Waals surface area contributed by atoms with Crippen LogP contribution in [0.5, 0.6) is 0 Å². The van der Waals surface area contributed by atoms with Crippen LogP contribution in [0.1, 0.15) is 46.7 Å². The van der Waals surface area contributed by atoms with E-state index in [9.17, 15) is 9.59 Å². The number of carbonyl (C=O) groups is 2. The lowest BCUT2D eigenvalue weighted by Crippen LogP contribution is -2.03. The molecule has 82 heavy (non-hydrogen) atoms. The number of esters is 2. The third-order valence-corrected chi connectivity index (χ3v) is 15.5. The Morgan fingerprint density at radius 3 is 1.35 bits per heavy atom. The largest absolute Gasteiger partial charge is 0.469 e. The number of H-pyrrole nitrogens is 4. The van der Waals surface area contributed by atoms with Gasteiger partial charge in [0.1, 0.15) is 28.4 Å². The monoisotopic (exact) mass is 1070 g/mol. The van der Waals surface area contributed by atoms with Crippen LogP contribution in [-0.4, -0.2) is 95.5 Å². The van der Waals surface area contributed by atoms with Gasteiger partial charge in [0, 0.05) is 109 Å². The first-order chi connectivity index (χ1) is 40.2. The van der Waals surface area contributed by atoms with Gasteiger partial charge in [-0.3, -0.25) is 9.59 Å². The van der Waals surface area contributed by atoms with Crippen LogP contribution < -0.4 is 0 Å². The van der Waals surface area contributed by atoms with Crippen LogP contribution >= 0.6 is 0 Å². The van der Waals surface area contributed by atoms with E-state index in [2.05, 4.69) is 32.1 Å². The van der Waals surface area contributed by atoms with Crippen LogP contribution in [0.15, 0.2) is 128 Å². The number of aryl methyl sites for hydroxylation is 3. The van der Waals surface area contributed by atoms with E-state index >= 15 is 0 Å². The average Bonchev–Trinajstić information content (AvgIpc) is 4.44. The first-order valence-corrected chi connectivity index (χ1v) is 26.7. The molecule has 15 rings (SSSR count). The number of ether oxygens (including phenoxy) is 2. The normalized spacial score (nSPS) is 12.3. The molecule has 16 bridgehead atoms. The van der Waals surface area contributed by atoms with Crippen molar-refractivity contribution in [1.29, 1.82) is 0 Å². The van der Waals surface area contributed by atoms with Crippen LogP contribution in [-0.2, 0) is 39.0 Å². The van der Waals surface area contributed by atoms with Gasteiger partial charge in [-0.25, -0.2) is 44.9 Å². The molecular weight excluding hydrogens is 1030 g/mol. The maximum atomic E-state index is 12.9. The van der Waals surface area contributed by atoms with E-state index in [1.807, 2.05) is 145 Å². The Bertz CT molecular complexity index is 4970. The number of nitrogens with zero attached hydrogens (tertiary/aromatic N) is 10. The van der Waals surface area contributed by atoms with Gasteiger partial charge in [0.2, 0.25) is 0 Å². The molecule has 4 aliphatic heterocycles. The summed E-state index contributed by atoms with van der Waals surface area (Å²) in [5.41, 5.74) is 15.3. The molecule has 0 radical (unpaired) electrons. The van der Waals surface area contributed by atoms with E-state index in [1.54, 1.807) is 6.20 Å². The third kappa shape index (κ3) is 8.05. The molecule has 18 heteroatoms. The minimum Gasteiger partial charge on any atom is -0.469 e. The van der Waals surface area contributed by atoms with Crippen LogP contribution in [0.2, 0.25) is 0 Å². The average molecular weight is 1080 g/mol. The van der Waals surface area contributed by atoms with E-state index in [1.165, 1.54) is 14.2 Å². The Hall–Kier alpha value is -11.0. The first kappa shape index (κ1) is 48.1. The Kier molecular flexibility index (Phi) is 11.2. The van der Waals surface area contributed by atoms with Gasteiger partial charge in [-0.1, -0.05) is 78.9 Å².